The molecule has 0 unspecified atom stereocenters. The van der Waals surface area contributed by atoms with Gasteiger partial charge in [0.1, 0.15) is 5.15 Å². The van der Waals surface area contributed by atoms with Crippen molar-refractivity contribution in [2.24, 2.45) is 0 Å². The highest BCUT2D eigenvalue weighted by molar-refractivity contribution is 6.32. The van der Waals surface area contributed by atoms with Gasteiger partial charge in [0, 0.05) is 6.42 Å². The molecule has 3 nitrogen and oxygen atoms in total. The van der Waals surface area contributed by atoms with Crippen LogP contribution in [0.5, 0.6) is 0 Å². The zero-order valence-corrected chi connectivity index (χ0v) is 8.44. The maximum atomic E-state index is 12.9. The summed E-state index contributed by atoms with van der Waals surface area (Å²) in [6.07, 6.45) is 0.0116. The molecule has 1 aromatic rings. The van der Waals surface area contributed by atoms with E-state index in [1.54, 1.807) is 0 Å². The maximum Gasteiger partial charge on any atom is 0.303 e. The molecule has 1 heterocycles. The number of carbonyl (C=O) groups is 1. The normalized spacial score (nSPS) is 10.2. The van der Waals surface area contributed by atoms with Gasteiger partial charge in [0.15, 0.2) is 11.0 Å². The van der Waals surface area contributed by atoms with Gasteiger partial charge in [0.25, 0.3) is 0 Å². The number of carboxylic acids is 1. The fraction of sp³-hybridized carbons (Fsp3) is 0.250. The van der Waals surface area contributed by atoms with Gasteiger partial charge in [-0.2, -0.15) is 0 Å². The van der Waals surface area contributed by atoms with E-state index in [1.165, 1.54) is 0 Å². The molecule has 1 N–H and O–H groups in total. The Balaban J connectivity index is 2.87. The predicted octanol–water partition coefficient (Wildman–Crippen LogP) is 2.54. The van der Waals surface area contributed by atoms with Crippen LogP contribution in [0.4, 0.5) is 4.39 Å². The minimum absolute atomic E-state index is 0.0395. The monoisotopic (exact) mass is 237 g/mol. The van der Waals surface area contributed by atoms with Gasteiger partial charge in [0.05, 0.1) is 0 Å². The summed E-state index contributed by atoms with van der Waals surface area (Å²) in [5.41, 5.74) is 0.343. The number of rotatable bonds is 3. The lowest BCUT2D eigenvalue weighted by Gasteiger charge is -2.02. The van der Waals surface area contributed by atoms with E-state index in [2.05, 4.69) is 4.98 Å². The van der Waals surface area contributed by atoms with Crippen molar-refractivity contribution < 1.29 is 14.3 Å². The van der Waals surface area contributed by atoms with Crippen LogP contribution in [0.3, 0.4) is 0 Å². The van der Waals surface area contributed by atoms with Crippen LogP contribution < -0.4 is 0 Å². The summed E-state index contributed by atoms with van der Waals surface area (Å²) in [5.74, 6) is -1.67. The summed E-state index contributed by atoms with van der Waals surface area (Å²) in [5, 5.41) is 8.13. The van der Waals surface area contributed by atoms with Crippen LogP contribution in [0, 0.1) is 5.82 Å². The molecule has 0 spiro atoms. The van der Waals surface area contributed by atoms with Crippen LogP contribution in [-0.2, 0) is 11.2 Å². The van der Waals surface area contributed by atoms with Crippen LogP contribution >= 0.6 is 23.2 Å². The molecular weight excluding hydrogens is 232 g/mol. The summed E-state index contributed by atoms with van der Waals surface area (Å²) in [4.78, 5) is 13.8. The van der Waals surface area contributed by atoms with Crippen molar-refractivity contribution in [3.05, 3.63) is 27.8 Å². The molecule has 0 radical (unpaired) electrons. The van der Waals surface area contributed by atoms with Crippen molar-refractivity contribution in [3.8, 4) is 0 Å². The van der Waals surface area contributed by atoms with E-state index < -0.39 is 11.8 Å². The minimum atomic E-state index is -0.976. The smallest absolute Gasteiger partial charge is 0.303 e. The van der Waals surface area contributed by atoms with Gasteiger partial charge in [-0.3, -0.25) is 4.79 Å². The fourth-order valence-corrected chi connectivity index (χ4v) is 1.32. The quantitative estimate of drug-likeness (QED) is 0.823. The molecule has 0 aliphatic heterocycles. The molecule has 1 aromatic heterocycles. The number of aliphatic carboxylic acids is 1. The SMILES string of the molecule is O=C(O)CCc1cc(F)c(Cl)nc1Cl. The average molecular weight is 238 g/mol. The zero-order valence-electron chi connectivity index (χ0n) is 6.93. The third-order valence-corrected chi connectivity index (χ3v) is 2.16. The molecular formula is C8H6Cl2FNO2. The van der Waals surface area contributed by atoms with Gasteiger partial charge in [-0.05, 0) is 18.1 Å². The first kappa shape index (κ1) is 11.2. The van der Waals surface area contributed by atoms with Crippen LogP contribution in [-0.4, -0.2) is 16.1 Å². The van der Waals surface area contributed by atoms with Gasteiger partial charge in [-0.25, -0.2) is 9.37 Å². The minimum Gasteiger partial charge on any atom is -0.481 e. The van der Waals surface area contributed by atoms with Crippen molar-refractivity contribution in [2.75, 3.05) is 0 Å². The van der Waals surface area contributed by atoms with Crippen LogP contribution in [0.1, 0.15) is 12.0 Å². The molecule has 14 heavy (non-hydrogen) atoms. The number of aryl methyl sites for hydroxylation is 1. The van der Waals surface area contributed by atoms with Crippen molar-refractivity contribution in [1.29, 1.82) is 0 Å². The van der Waals surface area contributed by atoms with Crippen LogP contribution in [0.2, 0.25) is 10.3 Å². The number of nitrogens with zero attached hydrogens (tertiary/aromatic N) is 1. The largest absolute Gasteiger partial charge is 0.481 e. The van der Waals surface area contributed by atoms with Crippen LogP contribution in [0.15, 0.2) is 6.07 Å². The van der Waals surface area contributed by atoms with Gasteiger partial charge in [-0.15, -0.1) is 0 Å². The van der Waals surface area contributed by atoms with Crippen molar-refractivity contribution >= 4 is 29.2 Å². The maximum absolute atomic E-state index is 12.9. The summed E-state index contributed by atoms with van der Waals surface area (Å²) >= 11 is 11.0. The van der Waals surface area contributed by atoms with E-state index >= 15 is 0 Å². The number of hydrogen-bond donors (Lipinski definition) is 1. The highest BCUT2D eigenvalue weighted by atomic mass is 35.5. The Morgan fingerprint density at radius 3 is 2.71 bits per heavy atom. The Kier molecular flexibility index (Phi) is 3.66. The summed E-state index contributed by atoms with van der Waals surface area (Å²) in [7, 11) is 0. The fourth-order valence-electron chi connectivity index (χ4n) is 0.900. The van der Waals surface area contributed by atoms with E-state index in [9.17, 15) is 9.18 Å². The standard InChI is InChI=1S/C8H6Cl2FNO2/c9-7-4(1-2-6(13)14)3-5(11)8(10)12-7/h3H,1-2H2,(H,13,14). The van der Waals surface area contributed by atoms with E-state index in [-0.39, 0.29) is 23.1 Å². The summed E-state index contributed by atoms with van der Waals surface area (Å²) in [6, 6.07) is 1.10. The first-order chi connectivity index (χ1) is 6.50. The molecule has 76 valence electrons. The highest BCUT2D eigenvalue weighted by Crippen LogP contribution is 2.21. The third kappa shape index (κ3) is 2.82. The van der Waals surface area contributed by atoms with Gasteiger partial charge >= 0.3 is 5.97 Å². The van der Waals surface area contributed by atoms with Crippen molar-refractivity contribution in [1.82, 2.24) is 4.98 Å². The molecule has 0 atom stereocenters. The average Bonchev–Trinajstić information content (AvgIpc) is 2.09. The Morgan fingerprint density at radius 1 is 1.50 bits per heavy atom. The molecule has 0 saturated carbocycles. The number of carboxylic acid groups (broad SMARTS) is 1. The van der Waals surface area contributed by atoms with E-state index in [0.29, 0.717) is 5.56 Å². The number of pyridine rings is 1. The van der Waals surface area contributed by atoms with Crippen molar-refractivity contribution in [3.63, 3.8) is 0 Å². The van der Waals surface area contributed by atoms with E-state index in [0.717, 1.165) is 6.07 Å². The molecule has 0 amide bonds. The lowest BCUT2D eigenvalue weighted by Crippen LogP contribution is -2.00. The Labute approximate surface area is 89.5 Å². The molecule has 0 aliphatic carbocycles. The third-order valence-electron chi connectivity index (χ3n) is 1.57. The molecule has 0 aromatic carbocycles. The van der Waals surface area contributed by atoms with E-state index in [4.69, 9.17) is 28.3 Å². The second-order valence-corrected chi connectivity index (χ2v) is 3.32. The summed E-state index contributed by atoms with van der Waals surface area (Å²) < 4.78 is 12.9. The Morgan fingerprint density at radius 2 is 2.14 bits per heavy atom. The molecule has 0 saturated heterocycles. The van der Waals surface area contributed by atoms with Crippen molar-refractivity contribution in [2.45, 2.75) is 12.8 Å². The Bertz CT molecular complexity index is 371. The molecule has 1 rings (SSSR count). The first-order valence-electron chi connectivity index (χ1n) is 3.73. The number of halogens is 3. The predicted molar refractivity (Wildman–Crippen MR) is 50.2 cm³/mol. The Hall–Kier alpha value is -0.870. The van der Waals surface area contributed by atoms with Gasteiger partial charge in [0.2, 0.25) is 0 Å². The molecule has 0 bridgehead atoms. The second-order valence-electron chi connectivity index (χ2n) is 2.60. The zero-order chi connectivity index (χ0) is 10.7. The first-order valence-corrected chi connectivity index (χ1v) is 4.48. The van der Waals surface area contributed by atoms with E-state index in [1.807, 2.05) is 0 Å². The second kappa shape index (κ2) is 4.57. The number of hydrogen-bond acceptors (Lipinski definition) is 2. The molecule has 0 aliphatic rings. The number of aromatic nitrogens is 1. The molecule has 0 fully saturated rings. The molecule has 6 heteroatoms. The van der Waals surface area contributed by atoms with Gasteiger partial charge < -0.3 is 5.11 Å². The van der Waals surface area contributed by atoms with Gasteiger partial charge in [-0.1, -0.05) is 23.2 Å². The lowest BCUT2D eigenvalue weighted by atomic mass is 10.1. The van der Waals surface area contributed by atoms with Crippen LogP contribution in [0.25, 0.3) is 0 Å². The highest BCUT2D eigenvalue weighted by Gasteiger charge is 2.09. The lowest BCUT2D eigenvalue weighted by molar-refractivity contribution is -0.136. The summed E-state index contributed by atoms with van der Waals surface area (Å²) in [6.45, 7) is 0. The topological polar surface area (TPSA) is 50.2 Å².